The first-order chi connectivity index (χ1) is 6.49. The zero-order valence-electron chi connectivity index (χ0n) is 7.88. The van der Waals surface area contributed by atoms with E-state index >= 15 is 0 Å². The molecule has 76 valence electrons. The van der Waals surface area contributed by atoms with Crippen molar-refractivity contribution in [2.24, 2.45) is 9.98 Å². The Balaban J connectivity index is 3.34. The van der Waals surface area contributed by atoms with E-state index in [9.17, 15) is 8.42 Å². The molecule has 1 aromatic heterocycles. The fraction of sp³-hybridized carbons (Fsp3) is 0.286. The Morgan fingerprint density at radius 3 is 2.71 bits per heavy atom. The van der Waals surface area contributed by atoms with Crippen molar-refractivity contribution in [2.45, 2.75) is 6.92 Å². The first-order valence-corrected chi connectivity index (χ1v) is 5.59. The summed E-state index contributed by atoms with van der Waals surface area (Å²) in [5.41, 5.74) is 0.382. The van der Waals surface area contributed by atoms with Crippen molar-refractivity contribution in [1.29, 1.82) is 0 Å². The lowest BCUT2D eigenvalue weighted by atomic mass is 10.5. The molecule has 0 saturated carbocycles. The molecule has 0 unspecified atom stereocenters. The Labute approximate surface area is 82.0 Å². The van der Waals surface area contributed by atoms with Crippen molar-refractivity contribution in [3.63, 3.8) is 0 Å². The Kier molecular flexibility index (Phi) is 2.80. The molecule has 0 aromatic carbocycles. The van der Waals surface area contributed by atoms with Gasteiger partial charge >= 0.3 is 0 Å². The van der Waals surface area contributed by atoms with Gasteiger partial charge in [0.15, 0.2) is 5.82 Å². The summed E-state index contributed by atoms with van der Waals surface area (Å²) < 4.78 is 23.0. The molecule has 6 nitrogen and oxygen atoms in total. The number of hydrogen-bond donors (Lipinski definition) is 0. The highest BCUT2D eigenvalue weighted by Gasteiger charge is 2.12. The van der Waals surface area contributed by atoms with Gasteiger partial charge in [-0.15, -0.1) is 5.10 Å². The second-order valence-electron chi connectivity index (χ2n) is 2.52. The summed E-state index contributed by atoms with van der Waals surface area (Å²) in [6.07, 6.45) is 3.87. The highest BCUT2D eigenvalue weighted by atomic mass is 32.2. The van der Waals surface area contributed by atoms with Gasteiger partial charge in [0.25, 0.3) is 10.0 Å². The average molecular weight is 214 g/mol. The molecule has 0 bridgehead atoms. The third-order valence-corrected chi connectivity index (χ3v) is 2.28. The monoisotopic (exact) mass is 214 g/mol. The molecule has 0 amide bonds. The lowest BCUT2D eigenvalue weighted by Crippen LogP contribution is -2.09. The van der Waals surface area contributed by atoms with E-state index in [1.165, 1.54) is 12.4 Å². The first kappa shape index (κ1) is 10.6. The number of aromatic nitrogens is 2. The summed E-state index contributed by atoms with van der Waals surface area (Å²) in [5.74, 6) is 0.202. The molecule has 1 aromatic rings. The van der Waals surface area contributed by atoms with E-state index in [2.05, 4.69) is 21.8 Å². The van der Waals surface area contributed by atoms with Crippen LogP contribution in [0.1, 0.15) is 6.92 Å². The third-order valence-electron chi connectivity index (χ3n) is 1.41. The summed E-state index contributed by atoms with van der Waals surface area (Å²) in [5, 5.41) is 3.70. The van der Waals surface area contributed by atoms with Crippen LogP contribution in [-0.4, -0.2) is 36.8 Å². The van der Waals surface area contributed by atoms with E-state index in [0.29, 0.717) is 5.69 Å². The largest absolute Gasteiger partial charge is 0.256 e. The van der Waals surface area contributed by atoms with Crippen LogP contribution in [0.5, 0.6) is 0 Å². The Bertz CT molecular complexity index is 472. The molecule has 0 aliphatic carbocycles. The van der Waals surface area contributed by atoms with Gasteiger partial charge in [-0.2, -0.15) is 4.09 Å². The molecule has 0 aliphatic rings. The van der Waals surface area contributed by atoms with Crippen LogP contribution >= 0.6 is 0 Å². The molecular weight excluding hydrogens is 204 g/mol. The van der Waals surface area contributed by atoms with Crippen LogP contribution in [0.25, 0.3) is 0 Å². The topological polar surface area (TPSA) is 76.7 Å². The predicted molar refractivity (Wildman–Crippen MR) is 55.5 cm³/mol. The van der Waals surface area contributed by atoms with Gasteiger partial charge in [0.1, 0.15) is 5.69 Å². The Morgan fingerprint density at radius 2 is 2.29 bits per heavy atom. The van der Waals surface area contributed by atoms with Crippen LogP contribution < -0.4 is 0 Å². The number of rotatable bonds is 3. The van der Waals surface area contributed by atoms with Crippen molar-refractivity contribution in [1.82, 2.24) is 9.19 Å². The van der Waals surface area contributed by atoms with Crippen LogP contribution in [-0.2, 0) is 10.0 Å². The summed E-state index contributed by atoms with van der Waals surface area (Å²) in [4.78, 5) is 7.47. The Morgan fingerprint density at radius 1 is 1.64 bits per heavy atom. The van der Waals surface area contributed by atoms with Gasteiger partial charge in [-0.1, -0.05) is 0 Å². The third kappa shape index (κ3) is 2.05. The molecule has 0 saturated heterocycles. The molecular formula is C7H10N4O2S. The van der Waals surface area contributed by atoms with E-state index in [1.807, 2.05) is 0 Å². The van der Waals surface area contributed by atoms with Crippen LogP contribution in [0.4, 0.5) is 11.5 Å². The molecule has 0 fully saturated rings. The van der Waals surface area contributed by atoms with Gasteiger partial charge in [-0.05, 0) is 13.6 Å². The fourth-order valence-electron chi connectivity index (χ4n) is 0.848. The standard InChI is InChI=1S/C7H10N4O2S/c1-4-9-6-5-11(14(3,12)13)10-7(6)8-2/h4-5H,2H2,1,3H3/b9-4-. The minimum Gasteiger partial charge on any atom is -0.256 e. The first-order valence-electron chi connectivity index (χ1n) is 3.74. The molecule has 7 heteroatoms. The predicted octanol–water partition coefficient (Wildman–Crippen LogP) is 0.745. The zero-order valence-corrected chi connectivity index (χ0v) is 8.69. The lowest BCUT2D eigenvalue weighted by molar-refractivity contribution is 0.586. The fourth-order valence-corrected chi connectivity index (χ4v) is 1.37. The van der Waals surface area contributed by atoms with Crippen molar-refractivity contribution < 1.29 is 8.42 Å². The number of nitrogens with zero attached hydrogens (tertiary/aromatic N) is 4. The van der Waals surface area contributed by atoms with Gasteiger partial charge < -0.3 is 0 Å². The van der Waals surface area contributed by atoms with Gasteiger partial charge in [0, 0.05) is 6.21 Å². The minimum absolute atomic E-state index is 0.202. The molecule has 0 N–H and O–H groups in total. The molecule has 1 heterocycles. The highest BCUT2D eigenvalue weighted by Crippen LogP contribution is 2.25. The lowest BCUT2D eigenvalue weighted by Gasteiger charge is -1.92. The second kappa shape index (κ2) is 3.70. The average Bonchev–Trinajstić information content (AvgIpc) is 2.47. The van der Waals surface area contributed by atoms with Crippen LogP contribution in [0.2, 0.25) is 0 Å². The summed E-state index contributed by atoms with van der Waals surface area (Å²) >= 11 is 0. The maximum Gasteiger partial charge on any atom is 0.251 e. The van der Waals surface area contributed by atoms with E-state index in [-0.39, 0.29) is 5.82 Å². The summed E-state index contributed by atoms with van der Waals surface area (Å²) in [6.45, 7) is 4.99. The van der Waals surface area contributed by atoms with E-state index in [0.717, 1.165) is 10.3 Å². The molecule has 1 rings (SSSR count). The van der Waals surface area contributed by atoms with Crippen molar-refractivity contribution >= 4 is 34.5 Å². The quantitative estimate of drug-likeness (QED) is 0.696. The van der Waals surface area contributed by atoms with Gasteiger partial charge in [0.2, 0.25) is 0 Å². The number of aliphatic imine (C=N–C) groups is 2. The number of hydrogen-bond acceptors (Lipinski definition) is 5. The highest BCUT2D eigenvalue weighted by molar-refractivity contribution is 7.89. The SMILES string of the molecule is C=Nc1nn(S(C)(=O)=O)cc1/N=C\C. The van der Waals surface area contributed by atoms with Gasteiger partial charge in [-0.25, -0.2) is 13.4 Å². The van der Waals surface area contributed by atoms with Crippen LogP contribution in [0, 0.1) is 0 Å². The molecule has 0 spiro atoms. The van der Waals surface area contributed by atoms with Gasteiger partial charge in [-0.3, -0.25) is 4.99 Å². The summed E-state index contributed by atoms with van der Waals surface area (Å²) in [7, 11) is -3.39. The smallest absolute Gasteiger partial charge is 0.251 e. The Hall–Kier alpha value is -1.50. The zero-order chi connectivity index (χ0) is 10.8. The summed E-state index contributed by atoms with van der Waals surface area (Å²) in [6, 6.07) is 0. The van der Waals surface area contributed by atoms with Gasteiger partial charge in [0.05, 0.1) is 12.5 Å². The van der Waals surface area contributed by atoms with E-state index < -0.39 is 10.0 Å². The normalized spacial score (nSPS) is 12.1. The van der Waals surface area contributed by atoms with Crippen molar-refractivity contribution in [2.75, 3.05) is 6.26 Å². The van der Waals surface area contributed by atoms with Crippen molar-refractivity contribution in [3.8, 4) is 0 Å². The maximum absolute atomic E-state index is 11.1. The second-order valence-corrected chi connectivity index (χ2v) is 4.36. The van der Waals surface area contributed by atoms with E-state index in [4.69, 9.17) is 0 Å². The van der Waals surface area contributed by atoms with Crippen LogP contribution in [0.15, 0.2) is 16.2 Å². The molecule has 0 radical (unpaired) electrons. The molecule has 0 aliphatic heterocycles. The maximum atomic E-state index is 11.1. The molecule has 14 heavy (non-hydrogen) atoms. The van der Waals surface area contributed by atoms with Crippen molar-refractivity contribution in [3.05, 3.63) is 6.20 Å². The molecule has 0 atom stereocenters. The minimum atomic E-state index is -3.39. The van der Waals surface area contributed by atoms with E-state index in [1.54, 1.807) is 6.92 Å². The van der Waals surface area contributed by atoms with Crippen LogP contribution in [0.3, 0.4) is 0 Å².